The van der Waals surface area contributed by atoms with E-state index in [0.717, 1.165) is 12.1 Å². The number of methoxy groups -OCH3 is 1. The second kappa shape index (κ2) is 6.52. The van der Waals surface area contributed by atoms with Crippen molar-refractivity contribution in [2.24, 2.45) is 0 Å². The lowest BCUT2D eigenvalue weighted by atomic mass is 10.2. The second-order valence-corrected chi connectivity index (χ2v) is 6.06. The number of aryl methyl sites for hydroxylation is 1. The van der Waals surface area contributed by atoms with Crippen molar-refractivity contribution >= 4 is 23.0 Å². The summed E-state index contributed by atoms with van der Waals surface area (Å²) in [6.07, 6.45) is 2.56. The fourth-order valence-corrected chi connectivity index (χ4v) is 2.99. The van der Waals surface area contributed by atoms with Gasteiger partial charge in [0.15, 0.2) is 0 Å². The molecule has 2 heterocycles. The van der Waals surface area contributed by atoms with E-state index in [1.54, 1.807) is 12.3 Å². The Morgan fingerprint density at radius 3 is 2.90 bits per heavy atom. The molecule has 0 aromatic carbocycles. The fourth-order valence-electron chi connectivity index (χ4n) is 1.97. The highest BCUT2D eigenvalue weighted by Gasteiger charge is 2.10. The molecule has 0 bridgehead atoms. The Bertz CT molecular complexity index is 595. The highest BCUT2D eigenvalue weighted by molar-refractivity contribution is 7.11. The summed E-state index contributed by atoms with van der Waals surface area (Å²) in [5.74, 6) is -0.421. The average molecular weight is 290 g/mol. The van der Waals surface area contributed by atoms with Crippen molar-refractivity contribution < 1.29 is 9.53 Å². The molecule has 20 heavy (non-hydrogen) atoms. The maximum absolute atomic E-state index is 11.4. The predicted molar refractivity (Wildman–Crippen MR) is 81.4 cm³/mol. The van der Waals surface area contributed by atoms with Gasteiger partial charge in [-0.25, -0.2) is 9.78 Å². The van der Waals surface area contributed by atoms with E-state index >= 15 is 0 Å². The summed E-state index contributed by atoms with van der Waals surface area (Å²) in [5.41, 5.74) is 1.19. The molecule has 0 fully saturated rings. The second-order valence-electron chi connectivity index (χ2n) is 4.68. The number of carbonyl (C=O) groups is 1. The molecule has 0 saturated heterocycles. The van der Waals surface area contributed by atoms with Crippen molar-refractivity contribution in [1.29, 1.82) is 0 Å². The molecule has 106 valence electrons. The standard InChI is InChI=1S/C15H18N2O2S/c1-10(8-13-5-4-11(2)20-13)17-12-6-7-16-14(9-12)15(18)19-3/h4-7,9-10H,8H2,1-3H3,(H,16,17). The molecule has 0 aliphatic carbocycles. The molecule has 0 saturated carbocycles. The number of hydrogen-bond donors (Lipinski definition) is 1. The number of pyridine rings is 1. The van der Waals surface area contributed by atoms with Crippen LogP contribution in [0.5, 0.6) is 0 Å². The lowest BCUT2D eigenvalue weighted by Crippen LogP contribution is -2.18. The van der Waals surface area contributed by atoms with Crippen LogP contribution in [0.15, 0.2) is 30.5 Å². The number of anilines is 1. The van der Waals surface area contributed by atoms with Crippen molar-refractivity contribution in [2.45, 2.75) is 26.3 Å². The predicted octanol–water partition coefficient (Wildman–Crippen LogP) is 3.28. The number of esters is 1. The van der Waals surface area contributed by atoms with E-state index in [1.807, 2.05) is 17.4 Å². The van der Waals surface area contributed by atoms with Gasteiger partial charge in [0, 0.05) is 34.1 Å². The number of carbonyl (C=O) groups excluding carboxylic acids is 1. The Morgan fingerprint density at radius 2 is 2.25 bits per heavy atom. The first-order valence-corrected chi connectivity index (χ1v) is 7.26. The van der Waals surface area contributed by atoms with Gasteiger partial charge in [-0.1, -0.05) is 0 Å². The maximum atomic E-state index is 11.4. The van der Waals surface area contributed by atoms with E-state index < -0.39 is 5.97 Å². The molecule has 4 nitrogen and oxygen atoms in total. The van der Waals surface area contributed by atoms with Gasteiger partial charge in [-0.15, -0.1) is 11.3 Å². The zero-order valence-electron chi connectivity index (χ0n) is 11.8. The highest BCUT2D eigenvalue weighted by Crippen LogP contribution is 2.18. The van der Waals surface area contributed by atoms with Crippen LogP contribution in [0.25, 0.3) is 0 Å². The van der Waals surface area contributed by atoms with Crippen LogP contribution in [0, 0.1) is 6.92 Å². The molecule has 2 rings (SSSR count). The minimum absolute atomic E-state index is 0.279. The van der Waals surface area contributed by atoms with Crippen LogP contribution in [0.3, 0.4) is 0 Å². The molecular weight excluding hydrogens is 272 g/mol. The van der Waals surface area contributed by atoms with Crippen LogP contribution in [0.2, 0.25) is 0 Å². The van der Waals surface area contributed by atoms with Gasteiger partial charge in [0.1, 0.15) is 5.69 Å². The number of hydrogen-bond acceptors (Lipinski definition) is 5. The van der Waals surface area contributed by atoms with Crippen molar-refractivity contribution in [3.63, 3.8) is 0 Å². The Labute approximate surface area is 122 Å². The maximum Gasteiger partial charge on any atom is 0.356 e. The quantitative estimate of drug-likeness (QED) is 0.859. The van der Waals surface area contributed by atoms with Crippen molar-refractivity contribution in [2.75, 3.05) is 12.4 Å². The van der Waals surface area contributed by atoms with Crippen molar-refractivity contribution in [3.8, 4) is 0 Å². The van der Waals surface area contributed by atoms with Crippen LogP contribution in [0.4, 0.5) is 5.69 Å². The van der Waals surface area contributed by atoms with E-state index in [4.69, 9.17) is 0 Å². The summed E-state index contributed by atoms with van der Waals surface area (Å²) in [5, 5.41) is 3.38. The van der Waals surface area contributed by atoms with Gasteiger partial charge >= 0.3 is 5.97 Å². The normalized spacial score (nSPS) is 11.9. The van der Waals surface area contributed by atoms with Gasteiger partial charge in [0.05, 0.1) is 7.11 Å². The van der Waals surface area contributed by atoms with Gasteiger partial charge in [0.25, 0.3) is 0 Å². The first-order valence-electron chi connectivity index (χ1n) is 6.44. The Kier molecular flexibility index (Phi) is 4.74. The van der Waals surface area contributed by atoms with Crippen LogP contribution in [-0.2, 0) is 11.2 Å². The lowest BCUT2D eigenvalue weighted by Gasteiger charge is -2.14. The number of thiophene rings is 1. The molecule has 2 aromatic rings. The molecule has 0 aliphatic rings. The number of rotatable bonds is 5. The zero-order valence-corrected chi connectivity index (χ0v) is 12.7. The summed E-state index contributed by atoms with van der Waals surface area (Å²) < 4.78 is 4.67. The summed E-state index contributed by atoms with van der Waals surface area (Å²) in [7, 11) is 1.35. The van der Waals surface area contributed by atoms with Crippen LogP contribution in [-0.4, -0.2) is 24.1 Å². The van der Waals surface area contributed by atoms with Crippen molar-refractivity contribution in [1.82, 2.24) is 4.98 Å². The minimum atomic E-state index is -0.421. The third-order valence-corrected chi connectivity index (χ3v) is 3.89. The minimum Gasteiger partial charge on any atom is -0.464 e. The van der Waals surface area contributed by atoms with E-state index in [2.05, 4.69) is 41.0 Å². The van der Waals surface area contributed by atoms with Crippen LogP contribution < -0.4 is 5.32 Å². The molecule has 1 N–H and O–H groups in total. The molecular formula is C15H18N2O2S. The highest BCUT2D eigenvalue weighted by atomic mass is 32.1. The molecule has 0 radical (unpaired) electrons. The molecule has 1 unspecified atom stereocenters. The molecule has 0 amide bonds. The van der Waals surface area contributed by atoms with Crippen LogP contribution >= 0.6 is 11.3 Å². The smallest absolute Gasteiger partial charge is 0.356 e. The Morgan fingerprint density at radius 1 is 1.45 bits per heavy atom. The third kappa shape index (κ3) is 3.81. The largest absolute Gasteiger partial charge is 0.464 e. The zero-order chi connectivity index (χ0) is 14.5. The summed E-state index contributed by atoms with van der Waals surface area (Å²) in [6, 6.07) is 8.13. The molecule has 5 heteroatoms. The first kappa shape index (κ1) is 14.5. The number of nitrogens with zero attached hydrogens (tertiary/aromatic N) is 1. The number of aromatic nitrogens is 1. The lowest BCUT2D eigenvalue weighted by molar-refractivity contribution is 0.0594. The number of nitrogens with one attached hydrogen (secondary N) is 1. The SMILES string of the molecule is COC(=O)c1cc(NC(C)Cc2ccc(C)s2)ccn1. The van der Waals surface area contributed by atoms with Gasteiger partial charge in [0.2, 0.25) is 0 Å². The van der Waals surface area contributed by atoms with Gasteiger partial charge in [-0.2, -0.15) is 0 Å². The van der Waals surface area contributed by atoms with Crippen LogP contribution in [0.1, 0.15) is 27.2 Å². The van der Waals surface area contributed by atoms with Gasteiger partial charge in [-0.05, 0) is 38.1 Å². The van der Waals surface area contributed by atoms with E-state index in [1.165, 1.54) is 16.9 Å². The molecule has 1 atom stereocenters. The third-order valence-electron chi connectivity index (χ3n) is 2.87. The van der Waals surface area contributed by atoms with E-state index in [0.29, 0.717) is 5.69 Å². The van der Waals surface area contributed by atoms with Gasteiger partial charge in [-0.3, -0.25) is 0 Å². The Hall–Kier alpha value is -1.88. The monoisotopic (exact) mass is 290 g/mol. The van der Waals surface area contributed by atoms with Gasteiger partial charge < -0.3 is 10.1 Å². The number of ether oxygens (including phenoxy) is 1. The molecule has 2 aromatic heterocycles. The average Bonchev–Trinajstić information content (AvgIpc) is 2.83. The summed E-state index contributed by atoms with van der Waals surface area (Å²) in [4.78, 5) is 18.1. The van der Waals surface area contributed by atoms with E-state index in [9.17, 15) is 4.79 Å². The summed E-state index contributed by atoms with van der Waals surface area (Å²) >= 11 is 1.81. The van der Waals surface area contributed by atoms with E-state index in [-0.39, 0.29) is 6.04 Å². The fraction of sp³-hybridized carbons (Fsp3) is 0.333. The Balaban J connectivity index is 2.00. The summed E-state index contributed by atoms with van der Waals surface area (Å²) in [6.45, 7) is 4.23. The first-order chi connectivity index (χ1) is 9.58. The topological polar surface area (TPSA) is 51.2 Å². The molecule has 0 spiro atoms. The molecule has 0 aliphatic heterocycles. The van der Waals surface area contributed by atoms with Crippen molar-refractivity contribution in [3.05, 3.63) is 45.9 Å².